The molecule has 5 rings (SSSR count). The van der Waals surface area contributed by atoms with Gasteiger partial charge in [-0.25, -0.2) is 18.4 Å². The molecule has 3 aromatic rings. The molecule has 1 fully saturated rings. The first-order valence-corrected chi connectivity index (χ1v) is 12.4. The average molecular weight is 514 g/mol. The van der Waals surface area contributed by atoms with Gasteiger partial charge < -0.3 is 20.9 Å². The van der Waals surface area contributed by atoms with Crippen LogP contribution in [0.25, 0.3) is 11.0 Å². The highest BCUT2D eigenvalue weighted by Crippen LogP contribution is 2.33. The summed E-state index contributed by atoms with van der Waals surface area (Å²) in [7, 11) is 2.13. The molecule has 1 aromatic carbocycles. The number of nitrogens with two attached hydrogens (primary N) is 1. The minimum atomic E-state index is -0.795. The van der Waals surface area contributed by atoms with E-state index in [1.807, 2.05) is 12.1 Å². The lowest BCUT2D eigenvalue weighted by atomic mass is 9.98. The summed E-state index contributed by atoms with van der Waals surface area (Å²) in [5.74, 6) is -1.23. The molecule has 7 nitrogen and oxygen atoms in total. The molecule has 1 aliphatic heterocycles. The first kappa shape index (κ1) is 23.7. The van der Waals surface area contributed by atoms with E-state index < -0.39 is 17.3 Å². The molecule has 182 valence electrons. The summed E-state index contributed by atoms with van der Waals surface area (Å²) in [6.45, 7) is 4.00. The Labute approximate surface area is 211 Å². The van der Waals surface area contributed by atoms with E-state index >= 15 is 0 Å². The Kier molecular flexibility index (Phi) is 6.47. The molecule has 0 amide bonds. The molecule has 0 spiro atoms. The van der Waals surface area contributed by atoms with E-state index in [1.54, 1.807) is 17.1 Å². The number of allylic oxidation sites excluding steroid dienone is 1. The van der Waals surface area contributed by atoms with Crippen LogP contribution in [0.15, 0.2) is 70.4 Å². The standard InChI is InChI=1S/C24H25F2N7S2/c1-31-6-8-32(9-7-31)19-2-4-24(5-3-19,30-23(27)34)33-22-16(14-29-33)10-21(15-28-22)35-20-12-17(25)11-18(26)13-20/h2-4,10-15H,5-9H2,1H3,(H3,27,30,34). The van der Waals surface area contributed by atoms with Gasteiger partial charge in [0.1, 0.15) is 11.6 Å². The second-order valence-electron chi connectivity index (χ2n) is 8.72. The van der Waals surface area contributed by atoms with E-state index in [9.17, 15) is 8.78 Å². The zero-order chi connectivity index (χ0) is 24.6. The Morgan fingerprint density at radius 1 is 1.09 bits per heavy atom. The van der Waals surface area contributed by atoms with Crippen LogP contribution in [0.3, 0.4) is 0 Å². The number of halogens is 2. The number of fused-ring (bicyclic) bond motifs is 1. The highest BCUT2D eigenvalue weighted by atomic mass is 32.2. The number of piperazine rings is 1. The largest absolute Gasteiger partial charge is 0.376 e. The van der Waals surface area contributed by atoms with Gasteiger partial charge in [-0.15, -0.1) is 0 Å². The lowest BCUT2D eigenvalue weighted by Crippen LogP contribution is -2.52. The number of rotatable bonds is 5. The van der Waals surface area contributed by atoms with Gasteiger partial charge in [-0.1, -0.05) is 17.8 Å². The van der Waals surface area contributed by atoms with Crippen LogP contribution in [0.4, 0.5) is 8.78 Å². The van der Waals surface area contributed by atoms with Crippen LogP contribution in [-0.2, 0) is 5.66 Å². The predicted molar refractivity (Wildman–Crippen MR) is 137 cm³/mol. The number of aromatic nitrogens is 3. The summed E-state index contributed by atoms with van der Waals surface area (Å²) < 4.78 is 28.9. The van der Waals surface area contributed by atoms with Crippen molar-refractivity contribution < 1.29 is 8.78 Å². The van der Waals surface area contributed by atoms with Crippen LogP contribution < -0.4 is 11.1 Å². The molecule has 2 aromatic heterocycles. The second kappa shape index (κ2) is 9.56. The van der Waals surface area contributed by atoms with E-state index in [-0.39, 0.29) is 5.11 Å². The van der Waals surface area contributed by atoms with E-state index in [0.29, 0.717) is 17.0 Å². The number of thiocarbonyl (C=S) groups is 1. The third-order valence-electron chi connectivity index (χ3n) is 6.19. The highest BCUT2D eigenvalue weighted by Gasteiger charge is 2.34. The fourth-order valence-electron chi connectivity index (χ4n) is 4.41. The fraction of sp³-hybridized carbons (Fsp3) is 0.292. The summed E-state index contributed by atoms with van der Waals surface area (Å²) in [5, 5.41) is 8.78. The lowest BCUT2D eigenvalue weighted by molar-refractivity contribution is 0.187. The van der Waals surface area contributed by atoms with Crippen molar-refractivity contribution >= 4 is 40.1 Å². The zero-order valence-electron chi connectivity index (χ0n) is 19.1. The minimum absolute atomic E-state index is 0.162. The van der Waals surface area contributed by atoms with Crippen LogP contribution in [0, 0.1) is 11.6 Å². The maximum Gasteiger partial charge on any atom is 0.165 e. The molecule has 1 unspecified atom stereocenters. The zero-order valence-corrected chi connectivity index (χ0v) is 20.8. The van der Waals surface area contributed by atoms with Crippen molar-refractivity contribution in [1.82, 2.24) is 29.9 Å². The van der Waals surface area contributed by atoms with Crippen LogP contribution in [0.1, 0.15) is 6.42 Å². The Morgan fingerprint density at radius 2 is 1.83 bits per heavy atom. The monoisotopic (exact) mass is 513 g/mol. The quantitative estimate of drug-likeness (QED) is 0.503. The van der Waals surface area contributed by atoms with Gasteiger partial charge in [-0.3, -0.25) is 0 Å². The van der Waals surface area contributed by atoms with Crippen molar-refractivity contribution in [3.8, 4) is 0 Å². The molecule has 1 aliphatic carbocycles. The fourth-order valence-corrected chi connectivity index (χ4v) is 5.49. The first-order valence-electron chi connectivity index (χ1n) is 11.2. The Hall–Kier alpha value is -3.02. The third kappa shape index (κ3) is 5.02. The second-order valence-corrected chi connectivity index (χ2v) is 10.3. The highest BCUT2D eigenvalue weighted by molar-refractivity contribution is 7.99. The summed E-state index contributed by atoms with van der Waals surface area (Å²) in [6.07, 6.45) is 10.3. The molecular weight excluding hydrogens is 488 g/mol. The van der Waals surface area contributed by atoms with Crippen molar-refractivity contribution in [3.63, 3.8) is 0 Å². The van der Waals surface area contributed by atoms with E-state index in [2.05, 4.69) is 44.4 Å². The number of hydrogen-bond donors (Lipinski definition) is 2. The number of hydrogen-bond acceptors (Lipinski definition) is 6. The molecule has 2 aliphatic rings. The number of nitrogens with one attached hydrogen (secondary N) is 1. The molecule has 11 heteroatoms. The van der Waals surface area contributed by atoms with Crippen LogP contribution in [0.5, 0.6) is 0 Å². The number of likely N-dealkylation sites (N-methyl/N-ethyl adjacent to an activating group) is 1. The maximum atomic E-state index is 13.6. The van der Waals surface area contributed by atoms with Crippen molar-refractivity contribution in [2.45, 2.75) is 21.9 Å². The Morgan fingerprint density at radius 3 is 2.49 bits per heavy atom. The number of nitrogens with zero attached hydrogens (tertiary/aromatic N) is 5. The van der Waals surface area contributed by atoms with E-state index in [1.165, 1.54) is 29.6 Å². The average Bonchev–Trinajstić information content (AvgIpc) is 3.23. The van der Waals surface area contributed by atoms with Crippen molar-refractivity contribution in [1.29, 1.82) is 0 Å². The molecule has 0 radical (unpaired) electrons. The predicted octanol–water partition coefficient (Wildman–Crippen LogP) is 3.44. The van der Waals surface area contributed by atoms with Crippen LogP contribution in [-0.4, -0.2) is 62.9 Å². The van der Waals surface area contributed by atoms with Crippen molar-refractivity contribution in [2.24, 2.45) is 5.73 Å². The van der Waals surface area contributed by atoms with Gasteiger partial charge in [0.05, 0.1) is 6.20 Å². The van der Waals surface area contributed by atoms with Gasteiger partial charge in [0, 0.05) is 65.7 Å². The molecular formula is C24H25F2N7S2. The van der Waals surface area contributed by atoms with Gasteiger partial charge in [0.2, 0.25) is 0 Å². The number of benzene rings is 1. The summed E-state index contributed by atoms with van der Waals surface area (Å²) >= 11 is 6.43. The molecule has 0 saturated carbocycles. The molecule has 0 bridgehead atoms. The number of pyridine rings is 1. The summed E-state index contributed by atoms with van der Waals surface area (Å²) in [6, 6.07) is 5.33. The van der Waals surface area contributed by atoms with Crippen molar-refractivity contribution in [3.05, 3.63) is 72.2 Å². The smallest absolute Gasteiger partial charge is 0.165 e. The van der Waals surface area contributed by atoms with Gasteiger partial charge >= 0.3 is 0 Å². The molecule has 35 heavy (non-hydrogen) atoms. The summed E-state index contributed by atoms with van der Waals surface area (Å²) in [5.41, 5.74) is 6.93. The van der Waals surface area contributed by atoms with Crippen molar-refractivity contribution in [2.75, 3.05) is 33.2 Å². The van der Waals surface area contributed by atoms with Gasteiger partial charge in [-0.05, 0) is 49.6 Å². The molecule has 3 N–H and O–H groups in total. The van der Waals surface area contributed by atoms with Gasteiger partial charge in [-0.2, -0.15) is 5.10 Å². The van der Waals surface area contributed by atoms with E-state index in [0.717, 1.165) is 42.5 Å². The minimum Gasteiger partial charge on any atom is -0.376 e. The molecule has 1 atom stereocenters. The third-order valence-corrected chi connectivity index (χ3v) is 7.23. The molecule has 1 saturated heterocycles. The van der Waals surface area contributed by atoms with Gasteiger partial charge in [0.25, 0.3) is 0 Å². The Balaban J connectivity index is 1.43. The maximum absolute atomic E-state index is 13.6. The van der Waals surface area contributed by atoms with Crippen LogP contribution >= 0.6 is 24.0 Å². The summed E-state index contributed by atoms with van der Waals surface area (Å²) in [4.78, 5) is 10.5. The van der Waals surface area contributed by atoms with E-state index in [4.69, 9.17) is 18.0 Å². The lowest BCUT2D eigenvalue weighted by Gasteiger charge is -2.39. The van der Waals surface area contributed by atoms with Gasteiger partial charge in [0.15, 0.2) is 16.4 Å². The molecule has 3 heterocycles. The Bertz CT molecular complexity index is 1310. The normalized spacial score (nSPS) is 20.8. The van der Waals surface area contributed by atoms with Crippen LogP contribution in [0.2, 0.25) is 0 Å². The topological polar surface area (TPSA) is 75.2 Å². The SMILES string of the molecule is CN1CCN(C2=CCC(NC(N)=S)(n3ncc4cc(Sc5cc(F)cc(F)c5)cnc43)C=C2)CC1. The first-order chi connectivity index (χ1) is 16.8.